The van der Waals surface area contributed by atoms with Gasteiger partial charge in [0.1, 0.15) is 5.75 Å². The van der Waals surface area contributed by atoms with Gasteiger partial charge in [-0.25, -0.2) is 0 Å². The Hall–Kier alpha value is -0.620. The molecule has 1 aliphatic heterocycles. The molecule has 2 atom stereocenters. The molecule has 2 unspecified atom stereocenters. The van der Waals surface area contributed by atoms with Gasteiger partial charge in [-0.3, -0.25) is 4.90 Å². The SMILES string of the molecule is CC1COC(CO)CN1Cc1cccc(Br)c1O. The lowest BCUT2D eigenvalue weighted by Crippen LogP contribution is -2.48. The summed E-state index contributed by atoms with van der Waals surface area (Å²) in [5.41, 5.74) is 0.884. The largest absolute Gasteiger partial charge is 0.506 e. The van der Waals surface area contributed by atoms with Gasteiger partial charge in [0.25, 0.3) is 0 Å². The zero-order chi connectivity index (χ0) is 13.1. The van der Waals surface area contributed by atoms with E-state index in [-0.39, 0.29) is 24.5 Å². The highest BCUT2D eigenvalue weighted by molar-refractivity contribution is 9.10. The van der Waals surface area contributed by atoms with Crippen molar-refractivity contribution < 1.29 is 14.9 Å². The van der Waals surface area contributed by atoms with Crippen LogP contribution in [-0.4, -0.2) is 47.0 Å². The number of halogens is 1. The van der Waals surface area contributed by atoms with Crippen LogP contribution in [0.5, 0.6) is 5.75 Å². The molecule has 0 bridgehead atoms. The quantitative estimate of drug-likeness (QED) is 0.892. The molecule has 0 saturated carbocycles. The lowest BCUT2D eigenvalue weighted by Gasteiger charge is -2.37. The van der Waals surface area contributed by atoms with Crippen LogP contribution in [0.3, 0.4) is 0 Å². The molecule has 1 heterocycles. The molecule has 1 saturated heterocycles. The number of aliphatic hydroxyl groups excluding tert-OH is 1. The minimum atomic E-state index is -0.129. The van der Waals surface area contributed by atoms with Crippen molar-refractivity contribution in [3.05, 3.63) is 28.2 Å². The van der Waals surface area contributed by atoms with Gasteiger partial charge >= 0.3 is 0 Å². The Morgan fingerprint density at radius 3 is 3.00 bits per heavy atom. The predicted octanol–water partition coefficient (Wildman–Crippen LogP) is 1.74. The Balaban J connectivity index is 2.09. The van der Waals surface area contributed by atoms with E-state index in [2.05, 4.69) is 27.8 Å². The Morgan fingerprint density at radius 1 is 1.50 bits per heavy atom. The maximum Gasteiger partial charge on any atom is 0.134 e. The number of aromatic hydroxyl groups is 1. The fraction of sp³-hybridized carbons (Fsp3) is 0.538. The highest BCUT2D eigenvalue weighted by Crippen LogP contribution is 2.29. The van der Waals surface area contributed by atoms with E-state index in [4.69, 9.17) is 9.84 Å². The number of phenols is 1. The summed E-state index contributed by atoms with van der Waals surface area (Å²) in [5.74, 6) is 0.289. The molecule has 2 rings (SSSR count). The average Bonchev–Trinajstić information content (AvgIpc) is 2.37. The van der Waals surface area contributed by atoms with E-state index in [1.165, 1.54) is 0 Å². The number of rotatable bonds is 3. The average molecular weight is 316 g/mol. The van der Waals surface area contributed by atoms with Gasteiger partial charge in [0.05, 0.1) is 23.8 Å². The van der Waals surface area contributed by atoms with Gasteiger partial charge in [-0.2, -0.15) is 0 Å². The summed E-state index contributed by atoms with van der Waals surface area (Å²) in [4.78, 5) is 2.21. The van der Waals surface area contributed by atoms with Crippen molar-refractivity contribution in [2.75, 3.05) is 19.8 Å². The number of ether oxygens (including phenoxy) is 1. The van der Waals surface area contributed by atoms with E-state index in [0.717, 1.165) is 5.56 Å². The highest BCUT2D eigenvalue weighted by Gasteiger charge is 2.26. The summed E-state index contributed by atoms with van der Waals surface area (Å²) in [6.07, 6.45) is -0.129. The van der Waals surface area contributed by atoms with Gasteiger partial charge in [-0.15, -0.1) is 0 Å². The molecule has 2 N–H and O–H groups in total. The summed E-state index contributed by atoms with van der Waals surface area (Å²) in [6.45, 7) is 4.08. The number of hydrogen-bond donors (Lipinski definition) is 2. The first-order chi connectivity index (χ1) is 8.61. The van der Waals surface area contributed by atoms with Gasteiger partial charge < -0.3 is 14.9 Å². The van der Waals surface area contributed by atoms with E-state index in [1.54, 1.807) is 0 Å². The molecular weight excluding hydrogens is 298 g/mol. The molecule has 0 aliphatic carbocycles. The maximum absolute atomic E-state index is 9.98. The molecule has 5 heteroatoms. The van der Waals surface area contributed by atoms with Gasteiger partial charge in [-0.05, 0) is 28.9 Å². The van der Waals surface area contributed by atoms with Gasteiger partial charge in [0.2, 0.25) is 0 Å². The van der Waals surface area contributed by atoms with Crippen LogP contribution in [0.1, 0.15) is 12.5 Å². The lowest BCUT2D eigenvalue weighted by atomic mass is 10.1. The summed E-state index contributed by atoms with van der Waals surface area (Å²) >= 11 is 3.32. The lowest BCUT2D eigenvalue weighted by molar-refractivity contribution is -0.0806. The number of nitrogens with zero attached hydrogens (tertiary/aromatic N) is 1. The number of aliphatic hydroxyl groups is 1. The molecule has 4 nitrogen and oxygen atoms in total. The molecule has 18 heavy (non-hydrogen) atoms. The van der Waals surface area contributed by atoms with E-state index in [0.29, 0.717) is 24.2 Å². The second-order valence-corrected chi connectivity index (χ2v) is 5.52. The fourth-order valence-corrected chi connectivity index (χ4v) is 2.52. The van der Waals surface area contributed by atoms with Gasteiger partial charge in [0, 0.05) is 24.7 Å². The maximum atomic E-state index is 9.98. The van der Waals surface area contributed by atoms with Crippen molar-refractivity contribution in [1.82, 2.24) is 4.90 Å². The second-order valence-electron chi connectivity index (χ2n) is 4.66. The Kier molecular flexibility index (Phi) is 4.61. The second kappa shape index (κ2) is 6.02. The smallest absolute Gasteiger partial charge is 0.134 e. The number of phenolic OH excluding ortho intramolecular Hbond substituents is 1. The van der Waals surface area contributed by atoms with Crippen molar-refractivity contribution in [2.24, 2.45) is 0 Å². The van der Waals surface area contributed by atoms with Crippen LogP contribution in [0, 0.1) is 0 Å². The van der Waals surface area contributed by atoms with Crippen molar-refractivity contribution in [3.8, 4) is 5.75 Å². The van der Waals surface area contributed by atoms with Crippen molar-refractivity contribution in [1.29, 1.82) is 0 Å². The van der Waals surface area contributed by atoms with Crippen LogP contribution in [0.25, 0.3) is 0 Å². The summed E-state index contributed by atoms with van der Waals surface area (Å²) in [6, 6.07) is 5.92. The molecule has 100 valence electrons. The van der Waals surface area contributed by atoms with Gasteiger partial charge in [0.15, 0.2) is 0 Å². The Morgan fingerprint density at radius 2 is 2.28 bits per heavy atom. The topological polar surface area (TPSA) is 52.9 Å². The van der Waals surface area contributed by atoms with Crippen molar-refractivity contribution in [3.63, 3.8) is 0 Å². The zero-order valence-electron chi connectivity index (χ0n) is 10.3. The minimum Gasteiger partial charge on any atom is -0.506 e. The van der Waals surface area contributed by atoms with Crippen LogP contribution in [-0.2, 0) is 11.3 Å². The number of para-hydroxylation sites is 1. The molecule has 0 aromatic heterocycles. The summed E-state index contributed by atoms with van der Waals surface area (Å²) in [7, 11) is 0. The molecule has 1 aliphatic rings. The molecular formula is C13H18BrNO3. The third-order valence-corrected chi connectivity index (χ3v) is 3.92. The van der Waals surface area contributed by atoms with E-state index < -0.39 is 0 Å². The van der Waals surface area contributed by atoms with Crippen LogP contribution < -0.4 is 0 Å². The molecule has 0 radical (unpaired) electrons. The molecule has 0 spiro atoms. The molecule has 1 aromatic rings. The highest BCUT2D eigenvalue weighted by atomic mass is 79.9. The number of morpholine rings is 1. The van der Waals surface area contributed by atoms with Crippen LogP contribution in [0.2, 0.25) is 0 Å². The summed E-state index contributed by atoms with van der Waals surface area (Å²) in [5, 5.41) is 19.1. The summed E-state index contributed by atoms with van der Waals surface area (Å²) < 4.78 is 6.21. The number of hydrogen-bond acceptors (Lipinski definition) is 4. The first kappa shape index (κ1) is 13.8. The number of benzene rings is 1. The van der Waals surface area contributed by atoms with Crippen LogP contribution in [0.4, 0.5) is 0 Å². The van der Waals surface area contributed by atoms with E-state index in [9.17, 15) is 5.11 Å². The first-order valence-corrected chi connectivity index (χ1v) is 6.84. The Labute approximate surface area is 115 Å². The first-order valence-electron chi connectivity index (χ1n) is 6.04. The van der Waals surface area contributed by atoms with E-state index in [1.807, 2.05) is 18.2 Å². The monoisotopic (exact) mass is 315 g/mol. The van der Waals surface area contributed by atoms with Gasteiger partial charge in [-0.1, -0.05) is 12.1 Å². The van der Waals surface area contributed by atoms with E-state index >= 15 is 0 Å². The van der Waals surface area contributed by atoms with Crippen molar-refractivity contribution in [2.45, 2.75) is 25.6 Å². The van der Waals surface area contributed by atoms with Crippen molar-refractivity contribution >= 4 is 15.9 Å². The van der Waals surface area contributed by atoms with Crippen LogP contribution in [0.15, 0.2) is 22.7 Å². The standard InChI is InChI=1S/C13H18BrNO3/c1-9-8-18-11(7-16)6-15(9)5-10-3-2-4-12(14)13(10)17/h2-4,9,11,16-17H,5-8H2,1H3. The molecule has 1 aromatic carbocycles. The third-order valence-electron chi connectivity index (χ3n) is 3.28. The fourth-order valence-electron chi connectivity index (χ4n) is 2.11. The minimum absolute atomic E-state index is 0.0354. The third kappa shape index (κ3) is 3.03. The molecule has 1 fully saturated rings. The zero-order valence-corrected chi connectivity index (χ0v) is 11.9. The predicted molar refractivity (Wildman–Crippen MR) is 72.5 cm³/mol. The van der Waals surface area contributed by atoms with Crippen LogP contribution >= 0.6 is 15.9 Å². The normalized spacial score (nSPS) is 25.3. The molecule has 0 amide bonds. The Bertz CT molecular complexity index is 413.